The molecule has 2 aliphatic rings. The molecule has 7 atom stereocenters. The number of Topliss-reactive ketones (excluding diaryl/α,β-unsaturated/α-hetero) is 1. The van der Waals surface area contributed by atoms with Crippen LogP contribution >= 0.6 is 8.60 Å². The van der Waals surface area contributed by atoms with Crippen LogP contribution in [-0.2, 0) is 43.2 Å². The summed E-state index contributed by atoms with van der Waals surface area (Å²) in [5.74, 6) is 0.183. The first kappa shape index (κ1) is 52.4. The Morgan fingerprint density at radius 3 is 2.01 bits per heavy atom. The molecule has 2 saturated heterocycles. The summed E-state index contributed by atoms with van der Waals surface area (Å²) < 4.78 is 52.3. The average molecular weight is 1040 g/mol. The van der Waals surface area contributed by atoms with E-state index < -0.39 is 74.2 Å². The highest BCUT2D eigenvalue weighted by Crippen LogP contribution is 2.46. The van der Waals surface area contributed by atoms with Crippen LogP contribution in [0.15, 0.2) is 138 Å². The number of nitrogens with one attached hydrogen (secondary N) is 2. The van der Waals surface area contributed by atoms with Crippen molar-refractivity contribution < 1.29 is 56.7 Å². The third-order valence-electron chi connectivity index (χ3n) is 12.9. The third-order valence-corrected chi connectivity index (χ3v) is 13.8. The van der Waals surface area contributed by atoms with Crippen LogP contribution in [0.5, 0.6) is 11.5 Å². The predicted molar refractivity (Wildman–Crippen MR) is 271 cm³/mol. The van der Waals surface area contributed by atoms with E-state index in [0.29, 0.717) is 28.2 Å². The molecule has 3 aromatic heterocycles. The molecular weight excluding hydrogens is 990 g/mol. The van der Waals surface area contributed by atoms with Gasteiger partial charge in [0.15, 0.2) is 17.0 Å². The van der Waals surface area contributed by atoms with Gasteiger partial charge in [-0.05, 0) is 66.9 Å². The number of aromatic amines is 1. The topological polar surface area (TPSA) is 256 Å². The summed E-state index contributed by atoms with van der Waals surface area (Å²) >= 11 is 0. The number of aromatic nitrogens is 6. The van der Waals surface area contributed by atoms with E-state index in [1.54, 1.807) is 43.1 Å². The number of ether oxygens (including phenoxy) is 6. The molecule has 0 radical (unpaired) electrons. The number of esters is 1. The predicted octanol–water partition coefficient (Wildman–Crippen LogP) is 6.44. The monoisotopic (exact) mass is 1040 g/mol. The maximum absolute atomic E-state index is 13.2. The lowest BCUT2D eigenvalue weighted by Crippen LogP contribution is -2.38. The van der Waals surface area contributed by atoms with Crippen molar-refractivity contribution in [1.82, 2.24) is 29.1 Å². The van der Waals surface area contributed by atoms with Gasteiger partial charge in [-0.3, -0.25) is 28.5 Å². The molecule has 9 rings (SSSR count). The number of amides is 1. The van der Waals surface area contributed by atoms with Gasteiger partial charge < -0.3 is 52.5 Å². The van der Waals surface area contributed by atoms with E-state index in [0.717, 1.165) is 16.7 Å². The lowest BCUT2D eigenvalue weighted by Gasteiger charge is -2.37. The zero-order chi connectivity index (χ0) is 52.6. The SMILES string of the molecule is COc1ccc(C(OC[C@H]2O[C@@H](n3cnc4c(NC(=O)c5ccccc5)ncnc43)C[C@@H]2OP(O)OC[C@H]2O[C@@H](n3cc(C)c(=O)[nH]c3=O)C[C@@H]2OC(=O)CCC(C)=O)(c2ccccc2)c2ccc(OC)cc2)cc1. The zero-order valence-electron chi connectivity index (χ0n) is 41.3. The van der Waals surface area contributed by atoms with Gasteiger partial charge in [0.25, 0.3) is 11.5 Å². The summed E-state index contributed by atoms with van der Waals surface area (Å²) in [7, 11) is 0.432. The van der Waals surface area contributed by atoms with E-state index >= 15 is 0 Å². The number of rotatable bonds is 21. The minimum absolute atomic E-state index is 0.0153. The van der Waals surface area contributed by atoms with E-state index in [2.05, 4.69) is 25.3 Å². The van der Waals surface area contributed by atoms with Gasteiger partial charge in [-0.2, -0.15) is 0 Å². The highest BCUT2D eigenvalue weighted by molar-refractivity contribution is 7.40. The lowest BCUT2D eigenvalue weighted by molar-refractivity contribution is -0.153. The van der Waals surface area contributed by atoms with Crippen molar-refractivity contribution in [3.05, 3.63) is 177 Å². The fourth-order valence-corrected chi connectivity index (χ4v) is 9.86. The molecule has 0 spiro atoms. The maximum atomic E-state index is 13.2. The van der Waals surface area contributed by atoms with Crippen LogP contribution in [-0.4, -0.2) is 103 Å². The molecule has 21 nitrogen and oxygen atoms in total. The van der Waals surface area contributed by atoms with Crippen LogP contribution in [0, 0.1) is 6.92 Å². The number of benzene rings is 4. The molecule has 7 aromatic rings. The molecule has 22 heteroatoms. The molecule has 1 unspecified atom stereocenters. The number of fused-ring (bicyclic) bond motifs is 1. The summed E-state index contributed by atoms with van der Waals surface area (Å²) in [5.41, 5.74) is 1.02. The number of aryl methyl sites for hydroxylation is 1. The van der Waals surface area contributed by atoms with Crippen LogP contribution in [0.2, 0.25) is 0 Å². The number of H-pyrrole nitrogens is 1. The quantitative estimate of drug-likeness (QED) is 0.0397. The van der Waals surface area contributed by atoms with Crippen molar-refractivity contribution in [2.24, 2.45) is 0 Å². The van der Waals surface area contributed by atoms with Crippen LogP contribution in [0.4, 0.5) is 5.82 Å². The Morgan fingerprint density at radius 1 is 0.773 bits per heavy atom. The molecular formula is C53H54N7O14P. The number of hydrogen-bond acceptors (Lipinski definition) is 17. The van der Waals surface area contributed by atoms with E-state index in [4.69, 9.17) is 37.5 Å². The van der Waals surface area contributed by atoms with Gasteiger partial charge >= 0.3 is 20.3 Å². The van der Waals surface area contributed by atoms with Crippen LogP contribution < -0.4 is 26.0 Å². The minimum Gasteiger partial charge on any atom is -0.497 e. The van der Waals surface area contributed by atoms with E-state index in [9.17, 15) is 28.9 Å². The Labute approximate surface area is 430 Å². The van der Waals surface area contributed by atoms with Crippen molar-refractivity contribution in [2.75, 3.05) is 32.8 Å². The molecule has 0 bridgehead atoms. The summed E-state index contributed by atoms with van der Waals surface area (Å²) in [5, 5.41) is 2.83. The summed E-state index contributed by atoms with van der Waals surface area (Å²) in [6.45, 7) is 2.39. The van der Waals surface area contributed by atoms with Gasteiger partial charge in [0.2, 0.25) is 0 Å². The van der Waals surface area contributed by atoms with Crippen molar-refractivity contribution in [3.63, 3.8) is 0 Å². The van der Waals surface area contributed by atoms with Crippen molar-refractivity contribution >= 4 is 43.2 Å². The normalized spacial score (nSPS) is 19.9. The fourth-order valence-electron chi connectivity index (χ4n) is 9.07. The van der Waals surface area contributed by atoms with Crippen molar-refractivity contribution in [1.29, 1.82) is 0 Å². The molecule has 0 saturated carbocycles. The number of hydrogen-bond donors (Lipinski definition) is 3. The summed E-state index contributed by atoms with van der Waals surface area (Å²) in [6.07, 6.45) is -1.64. The van der Waals surface area contributed by atoms with Gasteiger partial charge in [0.1, 0.15) is 60.0 Å². The number of imidazole rings is 1. The molecule has 390 valence electrons. The molecule has 2 aliphatic heterocycles. The molecule has 75 heavy (non-hydrogen) atoms. The molecule has 2 fully saturated rings. The Balaban J connectivity index is 1.02. The Kier molecular flexibility index (Phi) is 16.3. The van der Waals surface area contributed by atoms with Gasteiger partial charge in [0.05, 0.1) is 46.3 Å². The van der Waals surface area contributed by atoms with Gasteiger partial charge in [-0.25, -0.2) is 19.7 Å². The van der Waals surface area contributed by atoms with Crippen molar-refractivity contribution in [3.8, 4) is 11.5 Å². The zero-order valence-corrected chi connectivity index (χ0v) is 42.2. The Bertz CT molecular complexity index is 3180. The number of carbonyl (C=O) groups excluding carboxylic acids is 3. The highest BCUT2D eigenvalue weighted by atomic mass is 31.2. The second kappa shape index (κ2) is 23.4. The second-order valence-corrected chi connectivity index (χ2v) is 18.7. The van der Waals surface area contributed by atoms with Crippen LogP contribution in [0.1, 0.15) is 77.7 Å². The average Bonchev–Trinajstić information content (AvgIpc) is 4.17. The molecule has 4 aromatic carbocycles. The number of ketones is 1. The number of carbonyl (C=O) groups is 3. The largest absolute Gasteiger partial charge is 0.497 e. The summed E-state index contributed by atoms with van der Waals surface area (Å²) in [4.78, 5) is 90.3. The maximum Gasteiger partial charge on any atom is 0.330 e. The lowest BCUT2D eigenvalue weighted by atomic mass is 9.80. The smallest absolute Gasteiger partial charge is 0.330 e. The third kappa shape index (κ3) is 11.7. The second-order valence-electron chi connectivity index (χ2n) is 17.8. The molecule has 0 aliphatic carbocycles. The Morgan fingerprint density at radius 2 is 1.37 bits per heavy atom. The number of anilines is 1. The molecule has 3 N–H and O–H groups in total. The number of nitrogens with zero attached hydrogens (tertiary/aromatic N) is 5. The summed E-state index contributed by atoms with van der Waals surface area (Å²) in [6, 6.07) is 33.4. The van der Waals surface area contributed by atoms with E-state index in [-0.39, 0.29) is 56.1 Å². The van der Waals surface area contributed by atoms with E-state index in [1.807, 2.05) is 84.9 Å². The standard InChI is InChI=1S/C53H54N7O14P/c1-32-27-59(52(65)58-50(32)63)44-25-40(73-46(62)24-15-33(2)61)43(72-44)29-70-75(66)74-41-26-45(60-31-56-47-48(54-30-55-49(47)60)57-51(64)34-11-7-5-8-12-34)71-42(41)28-69-53(35-13-9-6-10-14-35,36-16-20-38(67-3)21-17-36)37-18-22-39(68-4)23-19-37/h5-14,16-23,27,30-31,40-45,66H,15,24-26,28-29H2,1-4H3,(H,58,63,65)(H,54,55,57,64)/t40-,41-,42+,43+,44+,45+,75?/m0/s1. The first-order chi connectivity index (χ1) is 36.3. The Hall–Kier alpha value is -7.49. The highest BCUT2D eigenvalue weighted by Gasteiger charge is 2.45. The van der Waals surface area contributed by atoms with E-state index in [1.165, 1.54) is 37.3 Å². The van der Waals surface area contributed by atoms with Crippen LogP contribution in [0.25, 0.3) is 11.2 Å². The minimum atomic E-state index is -2.75. The van der Waals surface area contributed by atoms with Gasteiger partial charge in [0, 0.05) is 36.6 Å². The first-order valence-electron chi connectivity index (χ1n) is 24.0. The molecule has 5 heterocycles. The van der Waals surface area contributed by atoms with Crippen LogP contribution in [0.3, 0.4) is 0 Å². The first-order valence-corrected chi connectivity index (χ1v) is 25.1. The number of methoxy groups -OCH3 is 2. The van der Waals surface area contributed by atoms with Gasteiger partial charge in [-0.1, -0.05) is 72.8 Å². The molecule has 1 amide bonds. The fraction of sp³-hybridized carbons (Fsp3) is 0.321. The van der Waals surface area contributed by atoms with Crippen molar-refractivity contribution in [2.45, 2.75) is 82.0 Å². The van der Waals surface area contributed by atoms with Gasteiger partial charge in [-0.15, -0.1) is 0 Å².